The number of amides is 2. The third kappa shape index (κ3) is 0.462. The Bertz CT molecular complexity index is 190. The van der Waals surface area contributed by atoms with Crippen LogP contribution in [0.25, 0.3) is 0 Å². The average Bonchev–Trinajstić information content (AvgIpc) is 1.92. The first-order valence-electron chi connectivity index (χ1n) is 3.53. The summed E-state index contributed by atoms with van der Waals surface area (Å²) in [7, 11) is 1.57. The van der Waals surface area contributed by atoms with Crippen LogP contribution in [0.1, 0.15) is 12.8 Å². The second kappa shape index (κ2) is 1.59. The monoisotopic (exact) mass is 139 g/mol. The maximum Gasteiger partial charge on any atom is 0.232 e. The van der Waals surface area contributed by atoms with E-state index in [1.807, 2.05) is 0 Å². The van der Waals surface area contributed by atoms with Gasteiger partial charge in [0.1, 0.15) is 0 Å². The molecule has 0 spiro atoms. The highest BCUT2D eigenvalue weighted by Gasteiger charge is 2.51. The lowest BCUT2D eigenvalue weighted by Gasteiger charge is -2.24. The average molecular weight is 139 g/mol. The van der Waals surface area contributed by atoms with Crippen molar-refractivity contribution < 1.29 is 9.59 Å². The van der Waals surface area contributed by atoms with Crippen LogP contribution in [0.2, 0.25) is 0 Å². The highest BCUT2D eigenvalue weighted by atomic mass is 16.2. The van der Waals surface area contributed by atoms with E-state index >= 15 is 0 Å². The van der Waals surface area contributed by atoms with Gasteiger partial charge in [0.15, 0.2) is 0 Å². The number of likely N-dealkylation sites (tertiary alicyclic amines) is 1. The van der Waals surface area contributed by atoms with E-state index in [1.54, 1.807) is 7.05 Å². The van der Waals surface area contributed by atoms with Gasteiger partial charge in [-0.1, -0.05) is 0 Å². The molecule has 0 aromatic rings. The molecule has 0 N–H and O–H groups in total. The van der Waals surface area contributed by atoms with Crippen molar-refractivity contribution in [1.29, 1.82) is 0 Å². The van der Waals surface area contributed by atoms with Crippen molar-refractivity contribution in [3.05, 3.63) is 0 Å². The van der Waals surface area contributed by atoms with Gasteiger partial charge in [-0.05, 0) is 12.8 Å². The van der Waals surface area contributed by atoms with Gasteiger partial charge in [-0.2, -0.15) is 0 Å². The maximum absolute atomic E-state index is 11.1. The summed E-state index contributed by atoms with van der Waals surface area (Å²) in [5, 5.41) is 0. The van der Waals surface area contributed by atoms with Crippen molar-refractivity contribution in [2.75, 3.05) is 7.05 Å². The molecule has 0 aromatic heterocycles. The molecule has 1 aliphatic heterocycles. The Kier molecular flexibility index (Phi) is 0.938. The molecule has 10 heavy (non-hydrogen) atoms. The number of nitrogens with zero attached hydrogens (tertiary/aromatic N) is 1. The van der Waals surface area contributed by atoms with Gasteiger partial charge in [-0.3, -0.25) is 14.5 Å². The third-order valence-electron chi connectivity index (χ3n) is 2.57. The van der Waals surface area contributed by atoms with Gasteiger partial charge in [0.05, 0.1) is 11.8 Å². The summed E-state index contributed by atoms with van der Waals surface area (Å²) in [5.74, 6) is 0.164. The molecule has 1 saturated carbocycles. The Morgan fingerprint density at radius 3 is 1.80 bits per heavy atom. The predicted octanol–water partition coefficient (Wildman–Crippen LogP) is 0.0112. The fourth-order valence-electron chi connectivity index (χ4n) is 1.70. The zero-order valence-corrected chi connectivity index (χ0v) is 5.83. The minimum Gasteiger partial charge on any atom is -0.285 e. The Hall–Kier alpha value is -0.860. The smallest absolute Gasteiger partial charge is 0.232 e. The molecule has 1 saturated heterocycles. The van der Waals surface area contributed by atoms with Crippen LogP contribution in [0.3, 0.4) is 0 Å². The van der Waals surface area contributed by atoms with Crippen LogP contribution in [0, 0.1) is 11.8 Å². The first-order chi connectivity index (χ1) is 4.72. The highest BCUT2D eigenvalue weighted by Crippen LogP contribution is 2.41. The predicted molar refractivity (Wildman–Crippen MR) is 34.0 cm³/mol. The largest absolute Gasteiger partial charge is 0.285 e. The molecule has 54 valence electrons. The van der Waals surface area contributed by atoms with Crippen LogP contribution < -0.4 is 0 Å². The molecule has 1 aliphatic carbocycles. The number of fused-ring (bicyclic) bond motifs is 1. The van der Waals surface area contributed by atoms with E-state index in [9.17, 15) is 9.59 Å². The SMILES string of the molecule is CN1C(=O)C2CC[C@H]2C1=O. The summed E-state index contributed by atoms with van der Waals surface area (Å²) >= 11 is 0. The molecule has 1 unspecified atom stereocenters. The Morgan fingerprint density at radius 2 is 1.60 bits per heavy atom. The van der Waals surface area contributed by atoms with Gasteiger partial charge in [0.25, 0.3) is 0 Å². The van der Waals surface area contributed by atoms with E-state index < -0.39 is 0 Å². The molecule has 2 amide bonds. The number of rotatable bonds is 0. The van der Waals surface area contributed by atoms with E-state index in [0.29, 0.717) is 0 Å². The van der Waals surface area contributed by atoms with Crippen molar-refractivity contribution in [3.63, 3.8) is 0 Å². The van der Waals surface area contributed by atoms with Gasteiger partial charge in [0.2, 0.25) is 11.8 Å². The Labute approximate surface area is 59.0 Å². The summed E-state index contributed by atoms with van der Waals surface area (Å²) in [5.41, 5.74) is 0. The summed E-state index contributed by atoms with van der Waals surface area (Å²) in [4.78, 5) is 23.4. The molecule has 3 nitrogen and oxygen atoms in total. The van der Waals surface area contributed by atoms with Gasteiger partial charge in [0, 0.05) is 7.05 Å². The Morgan fingerprint density at radius 1 is 1.20 bits per heavy atom. The second-order valence-electron chi connectivity index (χ2n) is 3.03. The minimum atomic E-state index is 0.0289. The Balaban J connectivity index is 2.30. The lowest BCUT2D eigenvalue weighted by Crippen LogP contribution is -2.27. The van der Waals surface area contributed by atoms with Crippen LogP contribution in [0.5, 0.6) is 0 Å². The number of hydrogen-bond acceptors (Lipinski definition) is 2. The van der Waals surface area contributed by atoms with Crippen LogP contribution in [-0.4, -0.2) is 23.8 Å². The van der Waals surface area contributed by atoms with Crippen LogP contribution >= 0.6 is 0 Å². The fraction of sp³-hybridized carbons (Fsp3) is 0.714. The van der Waals surface area contributed by atoms with E-state index in [4.69, 9.17) is 0 Å². The first kappa shape index (κ1) is 5.89. The van der Waals surface area contributed by atoms with Crippen molar-refractivity contribution in [3.8, 4) is 0 Å². The third-order valence-corrected chi connectivity index (χ3v) is 2.57. The van der Waals surface area contributed by atoms with E-state index in [0.717, 1.165) is 12.8 Å². The van der Waals surface area contributed by atoms with Crippen molar-refractivity contribution in [2.24, 2.45) is 11.8 Å². The molecule has 0 aromatic carbocycles. The molecule has 2 fully saturated rings. The first-order valence-corrected chi connectivity index (χ1v) is 3.53. The normalized spacial score (nSPS) is 37.9. The number of carbonyl (C=O) groups excluding carboxylic acids is 2. The molecule has 0 radical (unpaired) electrons. The molecular formula is C7H9NO2. The summed E-state index contributed by atoms with van der Waals surface area (Å²) in [6.45, 7) is 0. The summed E-state index contributed by atoms with van der Waals surface area (Å²) in [6.07, 6.45) is 1.83. The minimum absolute atomic E-state index is 0.0289. The molecule has 0 bridgehead atoms. The van der Waals surface area contributed by atoms with Crippen LogP contribution in [0.15, 0.2) is 0 Å². The molecule has 2 rings (SSSR count). The standard InChI is InChI=1S/C7H9NO2/c1-8-6(9)4-2-3-5(4)7(8)10/h4-5H,2-3H2,1H3/t4-,5?/m1/s1. The zero-order chi connectivity index (χ0) is 7.30. The van der Waals surface area contributed by atoms with Gasteiger partial charge < -0.3 is 0 Å². The number of hydrogen-bond donors (Lipinski definition) is 0. The van der Waals surface area contributed by atoms with E-state index in [1.165, 1.54) is 4.90 Å². The topological polar surface area (TPSA) is 37.4 Å². The van der Waals surface area contributed by atoms with Gasteiger partial charge in [-0.15, -0.1) is 0 Å². The molecule has 1 heterocycles. The second-order valence-corrected chi connectivity index (χ2v) is 3.03. The maximum atomic E-state index is 11.1. The van der Waals surface area contributed by atoms with Crippen molar-refractivity contribution in [2.45, 2.75) is 12.8 Å². The van der Waals surface area contributed by atoms with Crippen LogP contribution in [-0.2, 0) is 9.59 Å². The lowest BCUT2D eigenvalue weighted by atomic mass is 9.76. The number of imide groups is 1. The van der Waals surface area contributed by atoms with Crippen molar-refractivity contribution >= 4 is 11.8 Å². The summed E-state index contributed by atoms with van der Waals surface area (Å²) in [6, 6.07) is 0. The van der Waals surface area contributed by atoms with Gasteiger partial charge >= 0.3 is 0 Å². The van der Waals surface area contributed by atoms with Crippen molar-refractivity contribution in [1.82, 2.24) is 4.90 Å². The molecule has 2 atom stereocenters. The van der Waals surface area contributed by atoms with Gasteiger partial charge in [-0.25, -0.2) is 0 Å². The highest BCUT2D eigenvalue weighted by molar-refractivity contribution is 6.05. The molecule has 3 heteroatoms. The fourth-order valence-corrected chi connectivity index (χ4v) is 1.70. The lowest BCUT2D eigenvalue weighted by molar-refractivity contribution is -0.137. The van der Waals surface area contributed by atoms with E-state index in [-0.39, 0.29) is 23.7 Å². The summed E-state index contributed by atoms with van der Waals surface area (Å²) < 4.78 is 0. The molecule has 2 aliphatic rings. The molecular weight excluding hydrogens is 130 g/mol. The zero-order valence-electron chi connectivity index (χ0n) is 5.83. The quantitative estimate of drug-likeness (QED) is 0.443. The van der Waals surface area contributed by atoms with E-state index in [2.05, 4.69) is 0 Å². The number of carbonyl (C=O) groups is 2. The van der Waals surface area contributed by atoms with Crippen LogP contribution in [0.4, 0.5) is 0 Å².